The molecule has 1 atom stereocenters. The van der Waals surface area contributed by atoms with E-state index in [-0.39, 0.29) is 10.8 Å². The zero-order chi connectivity index (χ0) is 18.3. The summed E-state index contributed by atoms with van der Waals surface area (Å²) >= 11 is 0. The summed E-state index contributed by atoms with van der Waals surface area (Å²) in [6.45, 7) is 19.4. The standard InChI is InChI=1S/C20H32N2O2/c1-12(16-14(3)17(23-22-16)19(5,6)7)10-11-20(8,9)18-13(2)15(4)21-24-18/h12H,10-11H2,1-9H3. The van der Waals surface area contributed by atoms with Gasteiger partial charge in [0.2, 0.25) is 0 Å². The van der Waals surface area contributed by atoms with Gasteiger partial charge in [0.25, 0.3) is 0 Å². The second kappa shape index (κ2) is 6.38. The number of aryl methyl sites for hydroxylation is 1. The maximum Gasteiger partial charge on any atom is 0.145 e. The fraction of sp³-hybridized carbons (Fsp3) is 0.700. The van der Waals surface area contributed by atoms with Crippen molar-refractivity contribution in [3.8, 4) is 0 Å². The van der Waals surface area contributed by atoms with E-state index in [1.807, 2.05) is 6.92 Å². The summed E-state index contributed by atoms with van der Waals surface area (Å²) in [5.41, 5.74) is 4.38. The third kappa shape index (κ3) is 3.57. The molecule has 24 heavy (non-hydrogen) atoms. The Morgan fingerprint density at radius 1 is 0.875 bits per heavy atom. The van der Waals surface area contributed by atoms with Gasteiger partial charge in [-0.05, 0) is 33.6 Å². The smallest absolute Gasteiger partial charge is 0.145 e. The Morgan fingerprint density at radius 3 is 1.92 bits per heavy atom. The van der Waals surface area contributed by atoms with Gasteiger partial charge in [-0.2, -0.15) is 0 Å². The van der Waals surface area contributed by atoms with Crippen LogP contribution >= 0.6 is 0 Å². The van der Waals surface area contributed by atoms with Crippen LogP contribution in [-0.2, 0) is 10.8 Å². The average Bonchev–Trinajstić information content (AvgIpc) is 3.00. The highest BCUT2D eigenvalue weighted by atomic mass is 16.5. The molecular formula is C20H32N2O2. The van der Waals surface area contributed by atoms with Gasteiger partial charge in [-0.15, -0.1) is 0 Å². The van der Waals surface area contributed by atoms with E-state index in [1.54, 1.807) is 0 Å². The minimum atomic E-state index is -0.0376. The minimum absolute atomic E-state index is 0.0111. The van der Waals surface area contributed by atoms with E-state index < -0.39 is 0 Å². The van der Waals surface area contributed by atoms with Crippen molar-refractivity contribution in [3.05, 3.63) is 34.0 Å². The van der Waals surface area contributed by atoms with Gasteiger partial charge in [-0.25, -0.2) is 0 Å². The molecule has 0 aromatic carbocycles. The lowest BCUT2D eigenvalue weighted by atomic mass is 9.80. The van der Waals surface area contributed by atoms with Crippen molar-refractivity contribution in [2.24, 2.45) is 0 Å². The van der Waals surface area contributed by atoms with Crippen molar-refractivity contribution >= 4 is 0 Å². The second-order valence-corrected chi connectivity index (χ2v) is 8.82. The number of aromatic nitrogens is 2. The van der Waals surface area contributed by atoms with E-state index in [0.717, 1.165) is 35.7 Å². The molecule has 0 amide bonds. The van der Waals surface area contributed by atoms with Crippen molar-refractivity contribution in [2.75, 3.05) is 0 Å². The quantitative estimate of drug-likeness (QED) is 0.700. The fourth-order valence-electron chi connectivity index (χ4n) is 3.38. The first-order chi connectivity index (χ1) is 10.9. The molecule has 1 unspecified atom stereocenters. The van der Waals surface area contributed by atoms with Gasteiger partial charge in [0.15, 0.2) is 0 Å². The maximum absolute atomic E-state index is 5.64. The molecule has 134 valence electrons. The minimum Gasteiger partial charge on any atom is -0.360 e. The highest BCUT2D eigenvalue weighted by molar-refractivity contribution is 5.29. The Bertz CT molecular complexity index is 702. The monoisotopic (exact) mass is 332 g/mol. The first-order valence-corrected chi connectivity index (χ1v) is 8.85. The van der Waals surface area contributed by atoms with Gasteiger partial charge in [0.1, 0.15) is 11.5 Å². The average molecular weight is 332 g/mol. The van der Waals surface area contributed by atoms with Crippen LogP contribution < -0.4 is 0 Å². The lowest BCUT2D eigenvalue weighted by molar-refractivity contribution is 0.291. The summed E-state index contributed by atoms with van der Waals surface area (Å²) in [4.78, 5) is 0. The maximum atomic E-state index is 5.64. The molecule has 0 saturated carbocycles. The Hall–Kier alpha value is -1.58. The first kappa shape index (κ1) is 18.8. The van der Waals surface area contributed by atoms with Gasteiger partial charge < -0.3 is 9.05 Å². The number of hydrogen-bond acceptors (Lipinski definition) is 4. The molecular weight excluding hydrogens is 300 g/mol. The zero-order valence-corrected chi connectivity index (χ0v) is 16.7. The summed E-state index contributed by atoms with van der Waals surface area (Å²) in [6.07, 6.45) is 2.05. The molecule has 2 heterocycles. The Labute approximate surface area is 146 Å². The zero-order valence-electron chi connectivity index (χ0n) is 16.7. The van der Waals surface area contributed by atoms with Crippen LogP contribution in [0, 0.1) is 20.8 Å². The van der Waals surface area contributed by atoms with Crippen LogP contribution in [0.1, 0.15) is 94.3 Å². The molecule has 0 N–H and O–H groups in total. The van der Waals surface area contributed by atoms with Gasteiger partial charge in [0, 0.05) is 27.9 Å². The lowest BCUT2D eigenvalue weighted by Gasteiger charge is -2.24. The lowest BCUT2D eigenvalue weighted by Crippen LogP contribution is -2.19. The van der Waals surface area contributed by atoms with Gasteiger partial charge in [0.05, 0.1) is 11.4 Å². The molecule has 2 aromatic rings. The molecule has 0 aliphatic carbocycles. The highest BCUT2D eigenvalue weighted by Gasteiger charge is 2.31. The van der Waals surface area contributed by atoms with E-state index in [2.05, 4.69) is 65.7 Å². The van der Waals surface area contributed by atoms with Gasteiger partial charge >= 0.3 is 0 Å². The molecule has 0 bridgehead atoms. The van der Waals surface area contributed by atoms with Gasteiger partial charge in [-0.3, -0.25) is 0 Å². The van der Waals surface area contributed by atoms with E-state index in [4.69, 9.17) is 9.05 Å². The third-order valence-corrected chi connectivity index (χ3v) is 5.08. The van der Waals surface area contributed by atoms with Crippen LogP contribution in [-0.4, -0.2) is 10.3 Å². The Balaban J connectivity index is 2.12. The van der Waals surface area contributed by atoms with Crippen molar-refractivity contribution in [2.45, 2.75) is 91.9 Å². The van der Waals surface area contributed by atoms with Crippen LogP contribution in [0.25, 0.3) is 0 Å². The summed E-state index contributed by atoms with van der Waals surface area (Å²) in [5, 5.41) is 8.48. The third-order valence-electron chi connectivity index (χ3n) is 5.08. The van der Waals surface area contributed by atoms with Gasteiger partial charge in [-0.1, -0.05) is 51.9 Å². The molecule has 0 radical (unpaired) electrons. The van der Waals surface area contributed by atoms with E-state index in [0.29, 0.717) is 5.92 Å². The Kier molecular flexibility index (Phi) is 4.98. The second-order valence-electron chi connectivity index (χ2n) is 8.82. The van der Waals surface area contributed by atoms with Crippen LogP contribution in [0.3, 0.4) is 0 Å². The van der Waals surface area contributed by atoms with Crippen LogP contribution in [0.5, 0.6) is 0 Å². The fourth-order valence-corrected chi connectivity index (χ4v) is 3.38. The topological polar surface area (TPSA) is 52.1 Å². The first-order valence-electron chi connectivity index (χ1n) is 8.85. The van der Waals surface area contributed by atoms with Crippen molar-refractivity contribution < 1.29 is 9.05 Å². The molecule has 2 aromatic heterocycles. The molecule has 0 aliphatic heterocycles. The highest BCUT2D eigenvalue weighted by Crippen LogP contribution is 2.37. The summed E-state index contributed by atoms with van der Waals surface area (Å²) in [6, 6.07) is 0. The predicted octanol–water partition coefficient (Wildman–Crippen LogP) is 5.75. The summed E-state index contributed by atoms with van der Waals surface area (Å²) in [7, 11) is 0. The number of hydrogen-bond donors (Lipinski definition) is 0. The molecule has 0 aliphatic rings. The van der Waals surface area contributed by atoms with Crippen molar-refractivity contribution in [3.63, 3.8) is 0 Å². The number of nitrogens with zero attached hydrogens (tertiary/aromatic N) is 2. The molecule has 0 saturated heterocycles. The summed E-state index contributed by atoms with van der Waals surface area (Å²) in [5.74, 6) is 2.35. The van der Waals surface area contributed by atoms with Crippen LogP contribution in [0.2, 0.25) is 0 Å². The largest absolute Gasteiger partial charge is 0.360 e. The summed E-state index contributed by atoms with van der Waals surface area (Å²) < 4.78 is 11.2. The number of rotatable bonds is 5. The predicted molar refractivity (Wildman–Crippen MR) is 96.6 cm³/mol. The molecule has 2 rings (SSSR count). The van der Waals surface area contributed by atoms with Crippen LogP contribution in [0.15, 0.2) is 9.05 Å². The van der Waals surface area contributed by atoms with Crippen molar-refractivity contribution in [1.82, 2.24) is 10.3 Å². The molecule has 4 heteroatoms. The van der Waals surface area contributed by atoms with E-state index >= 15 is 0 Å². The van der Waals surface area contributed by atoms with Crippen LogP contribution in [0.4, 0.5) is 0 Å². The normalized spacial score (nSPS) is 14.2. The Morgan fingerprint density at radius 2 is 1.46 bits per heavy atom. The molecule has 0 spiro atoms. The molecule has 4 nitrogen and oxygen atoms in total. The molecule has 0 fully saturated rings. The van der Waals surface area contributed by atoms with Crippen molar-refractivity contribution in [1.29, 1.82) is 0 Å². The van der Waals surface area contributed by atoms with E-state index in [9.17, 15) is 0 Å². The van der Waals surface area contributed by atoms with E-state index in [1.165, 1.54) is 11.1 Å². The SMILES string of the molecule is Cc1noc(C(C)(C)CCC(C)c2noc(C(C)(C)C)c2C)c1C.